The van der Waals surface area contributed by atoms with Gasteiger partial charge in [0.2, 0.25) is 0 Å². The molecule has 0 aliphatic heterocycles. The summed E-state index contributed by atoms with van der Waals surface area (Å²) >= 11 is 0. The van der Waals surface area contributed by atoms with Gasteiger partial charge >= 0.3 is 0 Å². The highest BCUT2D eigenvalue weighted by atomic mass is 16.5. The molecule has 0 bridgehead atoms. The average molecular weight is 262 g/mol. The first-order valence-corrected chi connectivity index (χ1v) is 6.46. The topological polar surface area (TPSA) is 27.7 Å². The van der Waals surface area contributed by atoms with Crippen molar-refractivity contribution in [2.24, 2.45) is 0 Å². The van der Waals surface area contributed by atoms with Gasteiger partial charge in [-0.2, -0.15) is 0 Å². The van der Waals surface area contributed by atoms with Gasteiger partial charge in [-0.1, -0.05) is 43.5 Å². The molecule has 0 saturated carbocycles. The van der Waals surface area contributed by atoms with E-state index in [4.69, 9.17) is 14.2 Å². The van der Waals surface area contributed by atoms with E-state index in [2.05, 4.69) is 25.3 Å². The molecule has 0 spiro atoms. The van der Waals surface area contributed by atoms with Gasteiger partial charge in [0.25, 0.3) is 0 Å². The molecular weight excluding hydrogens is 240 g/mol. The van der Waals surface area contributed by atoms with Crippen LogP contribution in [-0.4, -0.2) is 26.4 Å². The molecule has 0 N–H and O–H groups in total. The van der Waals surface area contributed by atoms with Gasteiger partial charge in [0.15, 0.2) is 0 Å². The van der Waals surface area contributed by atoms with Crippen molar-refractivity contribution in [2.45, 2.75) is 13.0 Å². The second kappa shape index (κ2) is 10.4. The van der Waals surface area contributed by atoms with Gasteiger partial charge in [0.05, 0.1) is 13.2 Å². The maximum atomic E-state index is 5.54. The molecule has 0 aromatic heterocycles. The third-order valence-electron chi connectivity index (χ3n) is 2.43. The molecule has 104 valence electrons. The monoisotopic (exact) mass is 262 g/mol. The summed E-state index contributed by atoms with van der Waals surface area (Å²) in [6.07, 6.45) is 2.46. The molecule has 1 rings (SSSR count). The Kier molecular flexibility index (Phi) is 8.43. The Bertz CT molecular complexity index is 360. The zero-order valence-electron chi connectivity index (χ0n) is 11.3. The third kappa shape index (κ3) is 8.19. The summed E-state index contributed by atoms with van der Waals surface area (Å²) in [5.74, 6) is 0.579. The van der Waals surface area contributed by atoms with Crippen molar-refractivity contribution in [1.82, 2.24) is 0 Å². The minimum atomic E-state index is 0.510. The lowest BCUT2D eigenvalue weighted by Gasteiger charge is -2.07. The average Bonchev–Trinajstić information content (AvgIpc) is 2.46. The van der Waals surface area contributed by atoms with E-state index in [1.807, 2.05) is 18.2 Å². The van der Waals surface area contributed by atoms with Gasteiger partial charge in [-0.25, -0.2) is 0 Å². The van der Waals surface area contributed by atoms with Crippen molar-refractivity contribution < 1.29 is 14.2 Å². The highest BCUT2D eigenvalue weighted by Gasteiger charge is 1.94. The lowest BCUT2D eigenvalue weighted by Crippen LogP contribution is -2.06. The van der Waals surface area contributed by atoms with Crippen LogP contribution in [0.15, 0.2) is 55.3 Å². The SMILES string of the molecule is C=CC(=C)OCCOCCCOCc1ccccc1. The number of allylic oxidation sites excluding steroid dienone is 1. The summed E-state index contributed by atoms with van der Waals surface area (Å²) < 4.78 is 16.2. The molecule has 0 amide bonds. The fourth-order valence-electron chi connectivity index (χ4n) is 1.42. The van der Waals surface area contributed by atoms with Crippen molar-refractivity contribution in [3.8, 4) is 0 Å². The van der Waals surface area contributed by atoms with Gasteiger partial charge in [-0.05, 0) is 18.1 Å². The van der Waals surface area contributed by atoms with E-state index in [0.717, 1.165) is 6.42 Å². The number of rotatable bonds is 11. The highest BCUT2D eigenvalue weighted by Crippen LogP contribution is 2.00. The summed E-state index contributed by atoms with van der Waals surface area (Å²) in [4.78, 5) is 0. The van der Waals surface area contributed by atoms with Crippen molar-refractivity contribution >= 4 is 0 Å². The second-order valence-electron chi connectivity index (χ2n) is 4.02. The fraction of sp³-hybridized carbons (Fsp3) is 0.375. The molecule has 3 nitrogen and oxygen atoms in total. The first-order valence-electron chi connectivity index (χ1n) is 6.46. The molecule has 0 aliphatic carbocycles. The molecule has 19 heavy (non-hydrogen) atoms. The molecule has 1 aromatic rings. The smallest absolute Gasteiger partial charge is 0.111 e. The molecule has 0 unspecified atom stereocenters. The Hall–Kier alpha value is -1.58. The van der Waals surface area contributed by atoms with E-state index in [1.54, 1.807) is 6.08 Å². The molecule has 1 aromatic carbocycles. The summed E-state index contributed by atoms with van der Waals surface area (Å²) in [6, 6.07) is 10.1. The van der Waals surface area contributed by atoms with Crippen LogP contribution in [0, 0.1) is 0 Å². The van der Waals surface area contributed by atoms with Gasteiger partial charge in [-0.15, -0.1) is 0 Å². The van der Waals surface area contributed by atoms with Crippen LogP contribution in [0.1, 0.15) is 12.0 Å². The largest absolute Gasteiger partial charge is 0.492 e. The quantitative estimate of drug-likeness (QED) is 0.348. The predicted molar refractivity (Wildman–Crippen MR) is 76.8 cm³/mol. The molecule has 0 heterocycles. The van der Waals surface area contributed by atoms with E-state index < -0.39 is 0 Å². The van der Waals surface area contributed by atoms with Crippen LogP contribution in [0.4, 0.5) is 0 Å². The van der Waals surface area contributed by atoms with Crippen LogP contribution < -0.4 is 0 Å². The number of hydrogen-bond donors (Lipinski definition) is 0. The summed E-state index contributed by atoms with van der Waals surface area (Å²) in [6.45, 7) is 10.3. The second-order valence-corrected chi connectivity index (χ2v) is 4.02. The lowest BCUT2D eigenvalue weighted by molar-refractivity contribution is 0.0531. The maximum Gasteiger partial charge on any atom is 0.111 e. The van der Waals surface area contributed by atoms with Gasteiger partial charge < -0.3 is 14.2 Å². The van der Waals surface area contributed by atoms with Gasteiger partial charge in [-0.3, -0.25) is 0 Å². The van der Waals surface area contributed by atoms with Crippen molar-refractivity contribution in [3.05, 3.63) is 60.9 Å². The lowest BCUT2D eigenvalue weighted by atomic mass is 10.2. The Morgan fingerprint density at radius 1 is 1.00 bits per heavy atom. The molecule has 0 fully saturated rings. The van der Waals surface area contributed by atoms with E-state index in [-0.39, 0.29) is 0 Å². The highest BCUT2D eigenvalue weighted by molar-refractivity contribution is 5.13. The number of ether oxygens (including phenoxy) is 3. The predicted octanol–water partition coefficient (Wildman–Crippen LogP) is 3.33. The first-order chi connectivity index (χ1) is 9.33. The minimum Gasteiger partial charge on any atom is -0.492 e. The third-order valence-corrected chi connectivity index (χ3v) is 2.43. The van der Waals surface area contributed by atoms with Crippen LogP contribution >= 0.6 is 0 Å². The molecule has 0 radical (unpaired) electrons. The molecular formula is C16H22O3. The zero-order chi connectivity index (χ0) is 13.8. The number of benzene rings is 1. The Morgan fingerprint density at radius 3 is 2.47 bits per heavy atom. The fourth-order valence-corrected chi connectivity index (χ4v) is 1.42. The van der Waals surface area contributed by atoms with Gasteiger partial charge in [0.1, 0.15) is 12.4 Å². The number of hydrogen-bond acceptors (Lipinski definition) is 3. The van der Waals surface area contributed by atoms with Crippen LogP contribution in [0.25, 0.3) is 0 Å². The summed E-state index contributed by atoms with van der Waals surface area (Å²) in [5, 5.41) is 0. The Balaban J connectivity index is 1.86. The maximum absolute atomic E-state index is 5.54. The first kappa shape index (κ1) is 15.5. The Morgan fingerprint density at radius 2 is 1.74 bits per heavy atom. The van der Waals surface area contributed by atoms with E-state index in [0.29, 0.717) is 38.8 Å². The minimum absolute atomic E-state index is 0.510. The zero-order valence-corrected chi connectivity index (χ0v) is 11.3. The molecule has 3 heteroatoms. The Labute approximate surface area is 115 Å². The van der Waals surface area contributed by atoms with Crippen molar-refractivity contribution in [1.29, 1.82) is 0 Å². The summed E-state index contributed by atoms with van der Waals surface area (Å²) in [5.41, 5.74) is 1.19. The molecule has 0 saturated heterocycles. The van der Waals surface area contributed by atoms with Crippen LogP contribution in [0.3, 0.4) is 0 Å². The van der Waals surface area contributed by atoms with Crippen LogP contribution in [-0.2, 0) is 20.8 Å². The van der Waals surface area contributed by atoms with E-state index in [1.165, 1.54) is 5.56 Å². The van der Waals surface area contributed by atoms with E-state index in [9.17, 15) is 0 Å². The van der Waals surface area contributed by atoms with Crippen molar-refractivity contribution in [2.75, 3.05) is 26.4 Å². The van der Waals surface area contributed by atoms with Crippen molar-refractivity contribution in [3.63, 3.8) is 0 Å². The van der Waals surface area contributed by atoms with E-state index >= 15 is 0 Å². The standard InChI is InChI=1S/C16H22O3/c1-3-15(2)19-13-12-17-10-7-11-18-14-16-8-5-4-6-9-16/h3-6,8-9H,1-2,7,10-14H2. The van der Waals surface area contributed by atoms with Crippen LogP contribution in [0.2, 0.25) is 0 Å². The molecule has 0 atom stereocenters. The summed E-state index contributed by atoms with van der Waals surface area (Å²) in [7, 11) is 0. The normalized spacial score (nSPS) is 10.1. The van der Waals surface area contributed by atoms with Gasteiger partial charge in [0, 0.05) is 13.2 Å². The molecule has 0 aliphatic rings. The van der Waals surface area contributed by atoms with Crippen LogP contribution in [0.5, 0.6) is 0 Å².